The first-order valence-corrected chi connectivity index (χ1v) is 11.3. The van der Waals surface area contributed by atoms with Gasteiger partial charge in [-0.3, -0.25) is 13.9 Å². The van der Waals surface area contributed by atoms with Crippen molar-refractivity contribution in [3.63, 3.8) is 0 Å². The van der Waals surface area contributed by atoms with Crippen LogP contribution in [0.5, 0.6) is 0 Å². The average molecular weight is 450 g/mol. The lowest BCUT2D eigenvalue weighted by Gasteiger charge is -2.29. The van der Waals surface area contributed by atoms with Gasteiger partial charge < -0.3 is 4.74 Å². The Morgan fingerprint density at radius 1 is 1.31 bits per heavy atom. The van der Waals surface area contributed by atoms with E-state index in [1.807, 2.05) is 0 Å². The molecule has 1 aliphatic heterocycles. The number of hydrogen-bond acceptors (Lipinski definition) is 6. The highest BCUT2D eigenvalue weighted by Gasteiger charge is 2.45. The van der Waals surface area contributed by atoms with Crippen molar-refractivity contribution >= 4 is 33.6 Å². The zero-order chi connectivity index (χ0) is 22.0. The van der Waals surface area contributed by atoms with Gasteiger partial charge in [-0.15, -0.1) is 0 Å². The first-order chi connectivity index (χ1) is 13.3. The number of hydrogen-bond donors (Lipinski definition) is 0. The molecule has 29 heavy (non-hydrogen) atoms. The Morgan fingerprint density at radius 2 is 1.97 bits per heavy atom. The number of nitrogens with zero attached hydrogens (tertiary/aromatic N) is 1. The molecule has 1 amide bonds. The van der Waals surface area contributed by atoms with Gasteiger partial charge in [0.2, 0.25) is 0 Å². The Bertz CT molecular complexity index is 883. The predicted molar refractivity (Wildman–Crippen MR) is 106 cm³/mol. The minimum absolute atomic E-state index is 0.0511. The molecule has 0 unspecified atom stereocenters. The lowest BCUT2D eigenvalue weighted by Crippen LogP contribution is -2.48. The number of aryl methyl sites for hydroxylation is 1. The quantitative estimate of drug-likeness (QED) is 0.619. The summed E-state index contributed by atoms with van der Waals surface area (Å²) < 4.78 is 47.6. The Kier molecular flexibility index (Phi) is 7.29. The zero-order valence-corrected chi connectivity index (χ0v) is 18.3. The molecule has 1 aromatic rings. The van der Waals surface area contributed by atoms with Crippen molar-refractivity contribution in [2.24, 2.45) is 0 Å². The molecular weight excluding hydrogens is 425 g/mol. The van der Waals surface area contributed by atoms with Crippen LogP contribution in [0.2, 0.25) is 5.02 Å². The van der Waals surface area contributed by atoms with Crippen molar-refractivity contribution in [1.29, 1.82) is 0 Å². The summed E-state index contributed by atoms with van der Waals surface area (Å²) in [6.07, 6.45) is -0.778. The Labute approximate surface area is 175 Å². The molecule has 7 nitrogen and oxygen atoms in total. The van der Waals surface area contributed by atoms with Gasteiger partial charge in [-0.05, 0) is 45.2 Å². The van der Waals surface area contributed by atoms with Gasteiger partial charge in [0.05, 0.1) is 11.3 Å². The van der Waals surface area contributed by atoms with Gasteiger partial charge in [-0.2, -0.15) is 8.42 Å². The van der Waals surface area contributed by atoms with E-state index in [-0.39, 0.29) is 36.4 Å². The van der Waals surface area contributed by atoms with Gasteiger partial charge >= 0.3 is 6.09 Å². The maximum Gasteiger partial charge on any atom is 0.410 e. The second-order valence-electron chi connectivity index (χ2n) is 7.93. The highest BCUT2D eigenvalue weighted by atomic mass is 35.5. The third kappa shape index (κ3) is 6.65. The van der Waals surface area contributed by atoms with Gasteiger partial charge in [0.25, 0.3) is 10.1 Å². The second-order valence-corrected chi connectivity index (χ2v) is 9.93. The molecular formula is C19H25ClFNO6S. The number of carbonyl (C=O) groups excluding carboxylic acids is 2. The van der Waals surface area contributed by atoms with E-state index in [1.165, 1.54) is 17.0 Å². The predicted octanol–water partition coefficient (Wildman–Crippen LogP) is 3.34. The minimum Gasteiger partial charge on any atom is -0.444 e. The van der Waals surface area contributed by atoms with Crippen LogP contribution in [0, 0.1) is 5.82 Å². The summed E-state index contributed by atoms with van der Waals surface area (Å²) in [6.45, 7) is 5.16. The van der Waals surface area contributed by atoms with Gasteiger partial charge in [0.1, 0.15) is 23.6 Å². The van der Waals surface area contributed by atoms with E-state index in [4.69, 9.17) is 20.5 Å². The van der Waals surface area contributed by atoms with Gasteiger partial charge in [-0.1, -0.05) is 23.7 Å². The van der Waals surface area contributed by atoms with Crippen LogP contribution in [0.4, 0.5) is 9.18 Å². The van der Waals surface area contributed by atoms with Crippen LogP contribution in [-0.4, -0.2) is 55.7 Å². The van der Waals surface area contributed by atoms with Crippen molar-refractivity contribution in [2.45, 2.75) is 57.8 Å². The van der Waals surface area contributed by atoms with Crippen LogP contribution >= 0.6 is 11.6 Å². The van der Waals surface area contributed by atoms with Crippen molar-refractivity contribution in [3.05, 3.63) is 34.6 Å². The fourth-order valence-electron chi connectivity index (χ4n) is 3.14. The van der Waals surface area contributed by atoms with Crippen LogP contribution in [0.1, 0.15) is 39.2 Å². The number of benzene rings is 1. The molecule has 10 heteroatoms. The number of halogens is 2. The number of Topliss-reactive ketones (excluding diaryl/α,β-unsaturated/α-hetero) is 1. The van der Waals surface area contributed by atoms with E-state index in [2.05, 4.69) is 0 Å². The summed E-state index contributed by atoms with van der Waals surface area (Å²) in [4.78, 5) is 26.6. The van der Waals surface area contributed by atoms with Gasteiger partial charge in [0, 0.05) is 13.0 Å². The molecule has 0 aromatic heterocycles. The van der Waals surface area contributed by atoms with Crippen LogP contribution in [0.15, 0.2) is 18.2 Å². The van der Waals surface area contributed by atoms with Crippen LogP contribution in [0.25, 0.3) is 0 Å². The first kappa shape index (κ1) is 23.6. The van der Waals surface area contributed by atoms with E-state index >= 15 is 0 Å². The fourth-order valence-corrected chi connectivity index (χ4v) is 3.99. The molecule has 2 rings (SSSR count). The summed E-state index contributed by atoms with van der Waals surface area (Å²) in [6, 6.07) is 3.35. The van der Waals surface area contributed by atoms with Crippen LogP contribution in [0.3, 0.4) is 0 Å². The topological polar surface area (TPSA) is 90.0 Å². The number of ether oxygens (including phenoxy) is 1. The van der Waals surface area contributed by atoms with E-state index < -0.39 is 45.6 Å². The molecule has 0 N–H and O–H groups in total. The highest BCUT2D eigenvalue weighted by Crippen LogP contribution is 2.27. The Hall–Kier alpha value is -1.71. The molecule has 0 radical (unpaired) electrons. The number of carbonyl (C=O) groups is 2. The van der Waals surface area contributed by atoms with Crippen molar-refractivity contribution in [3.8, 4) is 0 Å². The van der Waals surface area contributed by atoms with E-state index in [0.29, 0.717) is 0 Å². The van der Waals surface area contributed by atoms with Crippen molar-refractivity contribution in [1.82, 2.24) is 4.90 Å². The summed E-state index contributed by atoms with van der Waals surface area (Å²) in [7, 11) is -3.85. The largest absolute Gasteiger partial charge is 0.444 e. The SMILES string of the molecule is CC(C)(C)OC(=O)N1CC[C@H](OS(C)(=O)=O)[C@H]1C(=O)CCc1cccc(Cl)c1F. The molecule has 0 aliphatic carbocycles. The molecule has 1 aliphatic rings. The highest BCUT2D eigenvalue weighted by molar-refractivity contribution is 7.86. The van der Waals surface area contributed by atoms with Gasteiger partial charge in [0.15, 0.2) is 5.78 Å². The maximum absolute atomic E-state index is 14.1. The van der Waals surface area contributed by atoms with E-state index in [1.54, 1.807) is 26.8 Å². The molecule has 2 atom stereocenters. The second kappa shape index (κ2) is 8.97. The third-order valence-corrected chi connectivity index (χ3v) is 5.16. The van der Waals surface area contributed by atoms with Crippen LogP contribution in [-0.2, 0) is 30.3 Å². The molecule has 1 aromatic carbocycles. The summed E-state index contributed by atoms with van der Waals surface area (Å²) in [5.41, 5.74) is -0.530. The Morgan fingerprint density at radius 3 is 2.55 bits per heavy atom. The molecule has 0 saturated carbocycles. The molecule has 0 spiro atoms. The minimum atomic E-state index is -3.85. The van der Waals surface area contributed by atoms with Crippen LogP contribution < -0.4 is 0 Å². The fraction of sp³-hybridized carbons (Fsp3) is 0.579. The van der Waals surface area contributed by atoms with E-state index in [9.17, 15) is 22.4 Å². The van der Waals surface area contributed by atoms with Crippen molar-refractivity contribution < 1.29 is 31.3 Å². The molecule has 1 saturated heterocycles. The summed E-state index contributed by atoms with van der Waals surface area (Å²) in [5.74, 6) is -1.05. The standard InChI is InChI=1S/C19H25ClFNO6S/c1-19(2,3)27-18(24)22-11-10-15(28-29(4,25)26)17(22)14(23)9-8-12-6-5-7-13(20)16(12)21/h5-7,15,17H,8-11H2,1-4H3/t15-,17+/m0/s1. The van der Waals surface area contributed by atoms with Crippen molar-refractivity contribution in [2.75, 3.05) is 12.8 Å². The molecule has 162 valence electrons. The molecule has 1 heterocycles. The average Bonchev–Trinajstić information content (AvgIpc) is 2.96. The number of likely N-dealkylation sites (tertiary alicyclic amines) is 1. The molecule has 0 bridgehead atoms. The maximum atomic E-state index is 14.1. The smallest absolute Gasteiger partial charge is 0.410 e. The zero-order valence-electron chi connectivity index (χ0n) is 16.8. The number of ketones is 1. The number of amides is 1. The lowest BCUT2D eigenvalue weighted by atomic mass is 10.00. The first-order valence-electron chi connectivity index (χ1n) is 9.12. The Balaban J connectivity index is 2.21. The monoisotopic (exact) mass is 449 g/mol. The normalized spacial score (nSPS) is 20.0. The number of rotatable bonds is 6. The lowest BCUT2D eigenvalue weighted by molar-refractivity contribution is -0.125. The van der Waals surface area contributed by atoms with E-state index in [0.717, 1.165) is 6.26 Å². The third-order valence-electron chi connectivity index (χ3n) is 4.27. The molecule has 1 fully saturated rings. The van der Waals surface area contributed by atoms with Gasteiger partial charge in [-0.25, -0.2) is 9.18 Å². The summed E-state index contributed by atoms with van der Waals surface area (Å²) >= 11 is 5.76. The summed E-state index contributed by atoms with van der Waals surface area (Å²) in [5, 5.41) is -0.0514.